The van der Waals surface area contributed by atoms with E-state index in [-0.39, 0.29) is 11.9 Å². The maximum absolute atomic E-state index is 12.5. The zero-order valence-corrected chi connectivity index (χ0v) is 12.7. The van der Waals surface area contributed by atoms with Gasteiger partial charge in [0.15, 0.2) is 0 Å². The third-order valence-corrected chi connectivity index (χ3v) is 4.87. The quantitative estimate of drug-likeness (QED) is 0.946. The van der Waals surface area contributed by atoms with E-state index >= 15 is 0 Å². The molecule has 22 heavy (non-hydrogen) atoms. The Balaban J connectivity index is 1.53. The topological polar surface area (TPSA) is 56.1 Å². The van der Waals surface area contributed by atoms with Gasteiger partial charge in [0, 0.05) is 31.0 Å². The average Bonchev–Trinajstić information content (AvgIpc) is 3.14. The molecule has 1 aromatic carbocycles. The summed E-state index contributed by atoms with van der Waals surface area (Å²) in [5.41, 5.74) is 1.30. The molecular weight excluding hydrogens is 302 g/mol. The molecular formula is C16H16ClN3O2. The maximum Gasteiger partial charge on any atom is 0.253 e. The van der Waals surface area contributed by atoms with Gasteiger partial charge in [-0.2, -0.15) is 5.10 Å². The van der Waals surface area contributed by atoms with E-state index in [0.717, 1.165) is 25.1 Å². The molecule has 2 aromatic rings. The van der Waals surface area contributed by atoms with Gasteiger partial charge in [0.25, 0.3) is 5.91 Å². The van der Waals surface area contributed by atoms with Crippen LogP contribution in [0.15, 0.2) is 36.7 Å². The molecule has 1 aliphatic heterocycles. The van der Waals surface area contributed by atoms with Crippen molar-refractivity contribution in [2.75, 3.05) is 6.61 Å². The number of carbonyl (C=O) groups excluding carboxylic acids is 1. The highest BCUT2D eigenvalue weighted by molar-refractivity contribution is 6.33. The molecule has 0 spiro atoms. The van der Waals surface area contributed by atoms with Crippen LogP contribution in [0, 0.1) is 5.92 Å². The summed E-state index contributed by atoms with van der Waals surface area (Å²) in [6.45, 7) is 0.803. The monoisotopic (exact) mass is 317 g/mol. The number of ether oxygens (including phenoxy) is 1. The number of rotatable bonds is 3. The molecule has 3 unspecified atom stereocenters. The molecule has 1 amide bonds. The van der Waals surface area contributed by atoms with Crippen LogP contribution in [0.4, 0.5) is 0 Å². The van der Waals surface area contributed by atoms with Crippen molar-refractivity contribution in [2.24, 2.45) is 5.92 Å². The van der Waals surface area contributed by atoms with E-state index in [0.29, 0.717) is 22.6 Å². The lowest BCUT2D eigenvalue weighted by molar-refractivity contribution is 0.00810. The fourth-order valence-corrected chi connectivity index (χ4v) is 3.46. The van der Waals surface area contributed by atoms with E-state index < -0.39 is 0 Å². The van der Waals surface area contributed by atoms with Crippen LogP contribution in [-0.4, -0.2) is 34.4 Å². The van der Waals surface area contributed by atoms with Crippen LogP contribution in [0.5, 0.6) is 0 Å². The summed E-state index contributed by atoms with van der Waals surface area (Å²) in [4.78, 5) is 12.5. The van der Waals surface area contributed by atoms with Crippen LogP contribution in [0.2, 0.25) is 5.02 Å². The Labute approximate surface area is 133 Å². The number of hydrogen-bond acceptors (Lipinski definition) is 3. The molecule has 1 N–H and O–H groups in total. The SMILES string of the molecule is O=C(NC1CC2OCCC12)c1cc(-n2cccn2)ccc1Cl. The number of nitrogens with one attached hydrogen (secondary N) is 1. The minimum atomic E-state index is -0.130. The molecule has 0 radical (unpaired) electrons. The van der Waals surface area contributed by atoms with Crippen LogP contribution < -0.4 is 5.32 Å². The van der Waals surface area contributed by atoms with E-state index in [1.807, 2.05) is 18.3 Å². The number of carbonyl (C=O) groups is 1. The molecule has 0 bridgehead atoms. The highest BCUT2D eigenvalue weighted by Gasteiger charge is 2.45. The van der Waals surface area contributed by atoms with Gasteiger partial charge < -0.3 is 10.1 Å². The predicted octanol–water partition coefficient (Wildman–Crippen LogP) is 2.43. The fraction of sp³-hybridized carbons (Fsp3) is 0.375. The summed E-state index contributed by atoms with van der Waals surface area (Å²) >= 11 is 6.19. The molecule has 3 atom stereocenters. The summed E-state index contributed by atoms with van der Waals surface area (Å²) in [6.07, 6.45) is 5.78. The molecule has 1 saturated carbocycles. The summed E-state index contributed by atoms with van der Waals surface area (Å²) < 4.78 is 7.28. The van der Waals surface area contributed by atoms with Gasteiger partial charge in [-0.25, -0.2) is 4.68 Å². The van der Waals surface area contributed by atoms with Gasteiger partial charge in [0.1, 0.15) is 0 Å². The van der Waals surface area contributed by atoms with E-state index in [1.165, 1.54) is 0 Å². The molecule has 114 valence electrons. The number of fused-ring (bicyclic) bond motifs is 1. The third kappa shape index (κ3) is 2.30. The van der Waals surface area contributed by atoms with Crippen LogP contribution >= 0.6 is 11.6 Å². The van der Waals surface area contributed by atoms with Gasteiger partial charge in [-0.1, -0.05) is 11.6 Å². The molecule has 6 heteroatoms. The fourth-order valence-electron chi connectivity index (χ4n) is 3.26. The molecule has 1 aromatic heterocycles. The lowest BCUT2D eigenvalue weighted by Crippen LogP contribution is -2.53. The number of nitrogens with zero attached hydrogens (tertiary/aromatic N) is 2. The molecule has 4 rings (SSSR count). The van der Waals surface area contributed by atoms with E-state index in [4.69, 9.17) is 16.3 Å². The van der Waals surface area contributed by atoms with Gasteiger partial charge in [0.05, 0.1) is 22.4 Å². The summed E-state index contributed by atoms with van der Waals surface area (Å²) in [5.74, 6) is 0.325. The Kier molecular flexibility index (Phi) is 3.39. The van der Waals surface area contributed by atoms with Crippen LogP contribution in [0.1, 0.15) is 23.2 Å². The first-order valence-electron chi connectivity index (χ1n) is 7.44. The average molecular weight is 318 g/mol. The van der Waals surface area contributed by atoms with Crippen molar-refractivity contribution in [3.05, 3.63) is 47.2 Å². The number of amides is 1. The Morgan fingerprint density at radius 2 is 2.36 bits per heavy atom. The minimum absolute atomic E-state index is 0.130. The highest BCUT2D eigenvalue weighted by atomic mass is 35.5. The number of hydrogen-bond donors (Lipinski definition) is 1. The first-order valence-corrected chi connectivity index (χ1v) is 7.82. The van der Waals surface area contributed by atoms with Crippen molar-refractivity contribution in [3.8, 4) is 5.69 Å². The van der Waals surface area contributed by atoms with E-state index in [9.17, 15) is 4.79 Å². The van der Waals surface area contributed by atoms with Crippen molar-refractivity contribution in [3.63, 3.8) is 0 Å². The van der Waals surface area contributed by atoms with Crippen molar-refractivity contribution in [1.29, 1.82) is 0 Å². The first-order chi connectivity index (χ1) is 10.7. The van der Waals surface area contributed by atoms with Crippen molar-refractivity contribution >= 4 is 17.5 Å². The Morgan fingerprint density at radius 3 is 3.14 bits per heavy atom. The lowest BCUT2D eigenvalue weighted by atomic mass is 9.76. The van der Waals surface area contributed by atoms with Gasteiger partial charge in [-0.05, 0) is 37.1 Å². The molecule has 2 heterocycles. The second-order valence-electron chi connectivity index (χ2n) is 5.79. The minimum Gasteiger partial charge on any atom is -0.378 e. The van der Waals surface area contributed by atoms with Crippen molar-refractivity contribution in [1.82, 2.24) is 15.1 Å². The molecule has 2 fully saturated rings. The maximum atomic E-state index is 12.5. The second-order valence-corrected chi connectivity index (χ2v) is 6.20. The zero-order valence-electron chi connectivity index (χ0n) is 11.9. The summed E-state index contributed by atoms with van der Waals surface area (Å²) in [5, 5.41) is 7.71. The number of aromatic nitrogens is 2. The van der Waals surface area contributed by atoms with Crippen LogP contribution in [0.3, 0.4) is 0 Å². The summed E-state index contributed by atoms with van der Waals surface area (Å²) in [6, 6.07) is 7.38. The third-order valence-electron chi connectivity index (χ3n) is 4.54. The zero-order chi connectivity index (χ0) is 15.1. The van der Waals surface area contributed by atoms with Crippen molar-refractivity contribution in [2.45, 2.75) is 25.0 Å². The van der Waals surface area contributed by atoms with Crippen LogP contribution in [-0.2, 0) is 4.74 Å². The highest BCUT2D eigenvalue weighted by Crippen LogP contribution is 2.38. The Bertz CT molecular complexity index is 701. The predicted molar refractivity (Wildman–Crippen MR) is 82.3 cm³/mol. The smallest absolute Gasteiger partial charge is 0.253 e. The van der Waals surface area contributed by atoms with E-state index in [2.05, 4.69) is 10.4 Å². The largest absolute Gasteiger partial charge is 0.378 e. The second kappa shape index (κ2) is 5.41. The number of benzene rings is 1. The van der Waals surface area contributed by atoms with Gasteiger partial charge in [-0.15, -0.1) is 0 Å². The first kappa shape index (κ1) is 13.8. The lowest BCUT2D eigenvalue weighted by Gasteiger charge is -2.39. The standard InChI is InChI=1S/C16H16ClN3O2/c17-13-3-2-10(20-6-1-5-18-20)8-12(13)16(21)19-14-9-15-11(14)4-7-22-15/h1-3,5-6,8,11,14-15H,4,7,9H2,(H,19,21). The Hall–Kier alpha value is -1.85. The number of halogens is 1. The molecule has 1 saturated heterocycles. The molecule has 1 aliphatic carbocycles. The molecule has 2 aliphatic rings. The van der Waals surface area contributed by atoms with Crippen LogP contribution in [0.25, 0.3) is 5.69 Å². The van der Waals surface area contributed by atoms with Crippen molar-refractivity contribution < 1.29 is 9.53 Å². The van der Waals surface area contributed by atoms with E-state index in [1.54, 1.807) is 23.0 Å². The van der Waals surface area contributed by atoms with Gasteiger partial charge in [-0.3, -0.25) is 4.79 Å². The molecule has 5 nitrogen and oxygen atoms in total. The Morgan fingerprint density at radius 1 is 1.45 bits per heavy atom. The van der Waals surface area contributed by atoms with Gasteiger partial charge in [0.2, 0.25) is 0 Å². The summed E-state index contributed by atoms with van der Waals surface area (Å²) in [7, 11) is 0. The van der Waals surface area contributed by atoms with Gasteiger partial charge >= 0.3 is 0 Å². The normalized spacial score (nSPS) is 26.3.